The smallest absolute Gasteiger partial charge is 0.266 e. The quantitative estimate of drug-likeness (QED) is 0.841. The SMILES string of the molecule is O=C1Nc2c(F)ccc(F)c2C1(O)c1ccc(F)cc1. The summed E-state index contributed by atoms with van der Waals surface area (Å²) in [6, 6.07) is 6.02. The summed E-state index contributed by atoms with van der Waals surface area (Å²) >= 11 is 0. The number of nitrogens with one attached hydrogen (secondary N) is 1. The highest BCUT2D eigenvalue weighted by Gasteiger charge is 2.50. The molecule has 0 spiro atoms. The molecule has 1 aliphatic heterocycles. The van der Waals surface area contributed by atoms with Crippen LogP contribution in [0.3, 0.4) is 0 Å². The molecule has 2 N–H and O–H groups in total. The minimum absolute atomic E-state index is 0.0420. The van der Waals surface area contributed by atoms with Gasteiger partial charge in [0.1, 0.15) is 17.5 Å². The Morgan fingerprint density at radius 1 is 0.950 bits per heavy atom. The fourth-order valence-corrected chi connectivity index (χ4v) is 2.31. The van der Waals surface area contributed by atoms with E-state index in [1.807, 2.05) is 0 Å². The van der Waals surface area contributed by atoms with E-state index in [9.17, 15) is 23.1 Å². The lowest BCUT2D eigenvalue weighted by Gasteiger charge is -2.21. The molecule has 2 aromatic rings. The van der Waals surface area contributed by atoms with Crippen LogP contribution in [0.2, 0.25) is 0 Å². The molecule has 1 heterocycles. The maximum Gasteiger partial charge on any atom is 0.266 e. The molecule has 1 atom stereocenters. The van der Waals surface area contributed by atoms with E-state index in [0.717, 1.165) is 36.4 Å². The first-order chi connectivity index (χ1) is 9.44. The van der Waals surface area contributed by atoms with E-state index < -0.39 is 40.2 Å². The second-order valence-corrected chi connectivity index (χ2v) is 4.45. The van der Waals surface area contributed by atoms with Gasteiger partial charge in [-0.25, -0.2) is 13.2 Å². The van der Waals surface area contributed by atoms with Gasteiger partial charge < -0.3 is 10.4 Å². The maximum atomic E-state index is 13.9. The molecule has 0 saturated carbocycles. The number of rotatable bonds is 1. The second-order valence-electron chi connectivity index (χ2n) is 4.45. The van der Waals surface area contributed by atoms with E-state index in [4.69, 9.17) is 0 Å². The van der Waals surface area contributed by atoms with Crippen LogP contribution in [0.4, 0.5) is 18.9 Å². The van der Waals surface area contributed by atoms with E-state index in [-0.39, 0.29) is 5.56 Å². The number of fused-ring (bicyclic) bond motifs is 1. The van der Waals surface area contributed by atoms with Crippen LogP contribution in [-0.2, 0) is 10.4 Å². The van der Waals surface area contributed by atoms with Crippen molar-refractivity contribution in [3.8, 4) is 0 Å². The number of anilines is 1. The first kappa shape index (κ1) is 12.7. The Balaban J connectivity index is 2.28. The van der Waals surface area contributed by atoms with E-state index in [0.29, 0.717) is 0 Å². The highest BCUT2D eigenvalue weighted by molar-refractivity contribution is 6.07. The third-order valence-electron chi connectivity index (χ3n) is 3.29. The van der Waals surface area contributed by atoms with Gasteiger partial charge in [-0.15, -0.1) is 0 Å². The number of carbonyl (C=O) groups is 1. The van der Waals surface area contributed by atoms with Gasteiger partial charge in [-0.2, -0.15) is 0 Å². The molecule has 0 aliphatic carbocycles. The number of carbonyl (C=O) groups excluding carboxylic acids is 1. The van der Waals surface area contributed by atoms with E-state index in [1.165, 1.54) is 0 Å². The van der Waals surface area contributed by atoms with Crippen LogP contribution in [0.5, 0.6) is 0 Å². The Morgan fingerprint density at radius 2 is 1.55 bits per heavy atom. The minimum atomic E-state index is -2.38. The Bertz CT molecular complexity index is 715. The molecule has 20 heavy (non-hydrogen) atoms. The predicted octanol–water partition coefficient (Wildman–Crippen LogP) is 2.29. The summed E-state index contributed by atoms with van der Waals surface area (Å²) in [7, 11) is 0. The predicted molar refractivity (Wildman–Crippen MR) is 64.4 cm³/mol. The zero-order chi connectivity index (χ0) is 14.5. The van der Waals surface area contributed by atoms with Crippen LogP contribution >= 0.6 is 0 Å². The van der Waals surface area contributed by atoms with Gasteiger partial charge in [-0.3, -0.25) is 4.79 Å². The van der Waals surface area contributed by atoms with Crippen molar-refractivity contribution in [2.75, 3.05) is 5.32 Å². The molecule has 1 aliphatic rings. The zero-order valence-electron chi connectivity index (χ0n) is 9.95. The Labute approximate surface area is 111 Å². The van der Waals surface area contributed by atoms with Crippen molar-refractivity contribution >= 4 is 11.6 Å². The van der Waals surface area contributed by atoms with Crippen molar-refractivity contribution in [1.29, 1.82) is 0 Å². The van der Waals surface area contributed by atoms with Gasteiger partial charge in [0.2, 0.25) is 0 Å². The molecule has 0 fully saturated rings. The number of hydrogen-bond donors (Lipinski definition) is 2. The summed E-state index contributed by atoms with van der Waals surface area (Å²) in [4.78, 5) is 12.0. The zero-order valence-corrected chi connectivity index (χ0v) is 9.95. The van der Waals surface area contributed by atoms with Crippen molar-refractivity contribution in [2.24, 2.45) is 0 Å². The average molecular weight is 279 g/mol. The molecule has 102 valence electrons. The summed E-state index contributed by atoms with van der Waals surface area (Å²) in [5.41, 5.74) is -3.31. The minimum Gasteiger partial charge on any atom is -0.372 e. The van der Waals surface area contributed by atoms with Gasteiger partial charge in [-0.1, -0.05) is 12.1 Å². The molecule has 1 amide bonds. The molecule has 6 heteroatoms. The van der Waals surface area contributed by atoms with Crippen LogP contribution in [-0.4, -0.2) is 11.0 Å². The van der Waals surface area contributed by atoms with E-state index >= 15 is 0 Å². The molecular formula is C14H8F3NO2. The lowest BCUT2D eigenvalue weighted by molar-refractivity contribution is -0.129. The van der Waals surface area contributed by atoms with Crippen LogP contribution in [0.25, 0.3) is 0 Å². The molecule has 3 nitrogen and oxygen atoms in total. The lowest BCUT2D eigenvalue weighted by atomic mass is 9.87. The van der Waals surface area contributed by atoms with Crippen LogP contribution in [0.1, 0.15) is 11.1 Å². The molecule has 0 bridgehead atoms. The number of aliphatic hydroxyl groups is 1. The standard InChI is InChI=1S/C14H8F3NO2/c15-8-3-1-7(2-4-8)14(20)11-9(16)5-6-10(17)12(11)18-13(14)19/h1-6,20H,(H,18,19). The monoisotopic (exact) mass is 279 g/mol. The Morgan fingerprint density at radius 3 is 2.20 bits per heavy atom. The lowest BCUT2D eigenvalue weighted by Crippen LogP contribution is -2.35. The highest BCUT2D eigenvalue weighted by Crippen LogP contribution is 2.43. The number of amides is 1. The van der Waals surface area contributed by atoms with Gasteiger partial charge in [0.05, 0.1) is 11.3 Å². The van der Waals surface area contributed by atoms with Crippen molar-refractivity contribution in [1.82, 2.24) is 0 Å². The van der Waals surface area contributed by atoms with Gasteiger partial charge in [0, 0.05) is 0 Å². The summed E-state index contributed by atoms with van der Waals surface area (Å²) < 4.78 is 40.4. The van der Waals surface area contributed by atoms with E-state index in [2.05, 4.69) is 5.32 Å². The molecule has 1 unspecified atom stereocenters. The summed E-state index contributed by atoms with van der Waals surface area (Å²) in [5, 5.41) is 12.7. The topological polar surface area (TPSA) is 49.3 Å². The molecule has 0 radical (unpaired) electrons. The van der Waals surface area contributed by atoms with Crippen molar-refractivity contribution in [3.05, 3.63) is 65.0 Å². The summed E-state index contributed by atoms with van der Waals surface area (Å²) in [5.74, 6) is -3.34. The highest BCUT2D eigenvalue weighted by atomic mass is 19.1. The normalized spacial score (nSPS) is 20.7. The van der Waals surface area contributed by atoms with Crippen molar-refractivity contribution < 1.29 is 23.1 Å². The first-order valence-corrected chi connectivity index (χ1v) is 5.73. The largest absolute Gasteiger partial charge is 0.372 e. The number of hydrogen-bond acceptors (Lipinski definition) is 2. The van der Waals surface area contributed by atoms with Crippen molar-refractivity contribution in [2.45, 2.75) is 5.60 Å². The molecule has 0 aromatic heterocycles. The summed E-state index contributed by atoms with van der Waals surface area (Å²) in [6.45, 7) is 0. The average Bonchev–Trinajstić information content (AvgIpc) is 2.70. The van der Waals surface area contributed by atoms with Gasteiger partial charge in [0.15, 0.2) is 5.60 Å². The second kappa shape index (κ2) is 4.08. The van der Waals surface area contributed by atoms with Gasteiger partial charge >= 0.3 is 0 Å². The maximum absolute atomic E-state index is 13.9. The van der Waals surface area contributed by atoms with Crippen molar-refractivity contribution in [3.63, 3.8) is 0 Å². The van der Waals surface area contributed by atoms with Crippen LogP contribution < -0.4 is 5.32 Å². The molecule has 2 aromatic carbocycles. The Hall–Kier alpha value is -2.34. The van der Waals surface area contributed by atoms with Gasteiger partial charge in [-0.05, 0) is 29.8 Å². The fraction of sp³-hybridized carbons (Fsp3) is 0.0714. The third kappa shape index (κ3) is 1.55. The summed E-state index contributed by atoms with van der Waals surface area (Å²) in [6.07, 6.45) is 0. The number of benzene rings is 2. The molecular weight excluding hydrogens is 271 g/mol. The van der Waals surface area contributed by atoms with Crippen LogP contribution in [0, 0.1) is 17.5 Å². The van der Waals surface area contributed by atoms with Crippen LogP contribution in [0.15, 0.2) is 36.4 Å². The first-order valence-electron chi connectivity index (χ1n) is 5.73. The fourth-order valence-electron chi connectivity index (χ4n) is 2.31. The molecule has 3 rings (SSSR count). The number of halogens is 3. The Kier molecular flexibility index (Phi) is 2.58. The third-order valence-corrected chi connectivity index (χ3v) is 3.29. The van der Waals surface area contributed by atoms with E-state index in [1.54, 1.807) is 0 Å². The van der Waals surface area contributed by atoms with Gasteiger partial charge in [0.25, 0.3) is 5.91 Å². The molecule has 0 saturated heterocycles.